The van der Waals surface area contributed by atoms with E-state index < -0.39 is 11.2 Å². The molecular weight excluding hydrogens is 352 g/mol. The summed E-state index contributed by atoms with van der Waals surface area (Å²) < 4.78 is 12.9. The highest BCUT2D eigenvalue weighted by Crippen LogP contribution is 2.33. The Labute approximate surface area is 154 Å². The summed E-state index contributed by atoms with van der Waals surface area (Å²) in [5.41, 5.74) is 0.474. The van der Waals surface area contributed by atoms with E-state index in [2.05, 4.69) is 10.3 Å². The first-order chi connectivity index (χ1) is 12.9. The van der Waals surface area contributed by atoms with Crippen LogP contribution in [0, 0.1) is 0 Å². The van der Waals surface area contributed by atoms with Crippen molar-refractivity contribution in [2.45, 2.75) is 6.54 Å². The average Bonchev–Trinajstić information content (AvgIpc) is 3.12. The third-order valence-electron chi connectivity index (χ3n) is 4.46. The Morgan fingerprint density at radius 3 is 2.41 bits per heavy atom. The molecule has 0 bridgehead atoms. The number of aromatic nitrogens is 3. The largest absolute Gasteiger partial charge is 0.496 e. The zero-order chi connectivity index (χ0) is 19.7. The maximum Gasteiger partial charge on any atom is 0.330 e. The minimum Gasteiger partial charge on any atom is -0.496 e. The molecule has 3 aromatic rings. The molecule has 0 saturated carbocycles. The highest BCUT2D eigenvalue weighted by Gasteiger charge is 2.16. The monoisotopic (exact) mass is 372 g/mol. The topological polar surface area (TPSA) is 107 Å². The zero-order valence-electron chi connectivity index (χ0n) is 15.5. The van der Waals surface area contributed by atoms with Gasteiger partial charge in [0.15, 0.2) is 0 Å². The highest BCUT2D eigenvalue weighted by molar-refractivity contribution is 6.01. The van der Waals surface area contributed by atoms with Crippen molar-refractivity contribution in [3.05, 3.63) is 56.5 Å². The molecule has 0 atom stereocenters. The summed E-state index contributed by atoms with van der Waals surface area (Å²) in [7, 11) is 6.03. The van der Waals surface area contributed by atoms with Crippen molar-refractivity contribution < 1.29 is 14.3 Å². The summed E-state index contributed by atoms with van der Waals surface area (Å²) in [4.78, 5) is 39.3. The van der Waals surface area contributed by atoms with E-state index in [1.165, 1.54) is 24.8 Å². The molecule has 3 rings (SSSR count). The second kappa shape index (κ2) is 7.02. The number of carbonyl (C=O) groups excluding carboxylic acids is 1. The normalized spacial score (nSPS) is 10.8. The van der Waals surface area contributed by atoms with E-state index in [1.54, 1.807) is 32.4 Å². The Morgan fingerprint density at radius 2 is 1.74 bits per heavy atom. The fourth-order valence-corrected chi connectivity index (χ4v) is 2.85. The molecule has 0 unspecified atom stereocenters. The van der Waals surface area contributed by atoms with Crippen molar-refractivity contribution in [2.24, 2.45) is 14.1 Å². The van der Waals surface area contributed by atoms with Crippen molar-refractivity contribution in [3.8, 4) is 11.5 Å². The van der Waals surface area contributed by atoms with E-state index in [1.807, 2.05) is 0 Å². The van der Waals surface area contributed by atoms with Gasteiger partial charge in [-0.15, -0.1) is 0 Å². The molecule has 9 heteroatoms. The Morgan fingerprint density at radius 1 is 1.07 bits per heavy atom. The summed E-state index contributed by atoms with van der Waals surface area (Å²) in [6.45, 7) is 0.0320. The summed E-state index contributed by atoms with van der Waals surface area (Å²) in [5.74, 6) is 0.803. The van der Waals surface area contributed by atoms with Gasteiger partial charge in [-0.2, -0.15) is 0 Å². The van der Waals surface area contributed by atoms with Gasteiger partial charge >= 0.3 is 5.69 Å². The first-order valence-corrected chi connectivity index (χ1v) is 8.15. The van der Waals surface area contributed by atoms with Gasteiger partial charge in [0.25, 0.3) is 11.5 Å². The van der Waals surface area contributed by atoms with Crippen LogP contribution in [0.15, 0.2) is 33.9 Å². The molecule has 2 aromatic heterocycles. The molecule has 0 spiro atoms. The van der Waals surface area contributed by atoms with Crippen LogP contribution >= 0.6 is 0 Å². The maximum atomic E-state index is 12.5. The van der Waals surface area contributed by atoms with Crippen LogP contribution in [0.1, 0.15) is 16.2 Å². The quantitative estimate of drug-likeness (QED) is 0.679. The predicted octanol–water partition coefficient (Wildman–Crippen LogP) is 0.512. The second-order valence-electron chi connectivity index (χ2n) is 6.00. The lowest BCUT2D eigenvalue weighted by Gasteiger charge is -2.10. The van der Waals surface area contributed by atoms with Crippen molar-refractivity contribution in [3.63, 3.8) is 0 Å². The number of benzene rings is 1. The summed E-state index contributed by atoms with van der Waals surface area (Å²) in [5, 5.41) is 3.42. The fourth-order valence-electron chi connectivity index (χ4n) is 2.85. The molecule has 0 fully saturated rings. The second-order valence-corrected chi connectivity index (χ2v) is 6.00. The van der Waals surface area contributed by atoms with Gasteiger partial charge in [-0.25, -0.2) is 4.79 Å². The maximum absolute atomic E-state index is 12.5. The van der Waals surface area contributed by atoms with Crippen LogP contribution in [0.2, 0.25) is 0 Å². The van der Waals surface area contributed by atoms with E-state index in [-0.39, 0.29) is 12.5 Å². The summed E-state index contributed by atoms with van der Waals surface area (Å²) in [6, 6.07) is 6.48. The van der Waals surface area contributed by atoms with E-state index in [4.69, 9.17) is 9.47 Å². The molecule has 0 aliphatic rings. The van der Waals surface area contributed by atoms with Gasteiger partial charge in [-0.3, -0.25) is 18.7 Å². The van der Waals surface area contributed by atoms with Gasteiger partial charge in [-0.1, -0.05) is 0 Å². The number of nitrogens with one attached hydrogen (secondary N) is 2. The van der Waals surface area contributed by atoms with E-state index >= 15 is 0 Å². The van der Waals surface area contributed by atoms with Crippen molar-refractivity contribution in [2.75, 3.05) is 14.2 Å². The highest BCUT2D eigenvalue weighted by atomic mass is 16.5. The van der Waals surface area contributed by atoms with Crippen LogP contribution in [0.3, 0.4) is 0 Å². The minimum absolute atomic E-state index is 0.0320. The number of carbonyl (C=O) groups is 1. The van der Waals surface area contributed by atoms with Crippen LogP contribution in [-0.4, -0.2) is 34.2 Å². The molecule has 2 heterocycles. The number of amides is 1. The van der Waals surface area contributed by atoms with Crippen LogP contribution in [0.4, 0.5) is 0 Å². The summed E-state index contributed by atoms with van der Waals surface area (Å²) in [6.07, 6.45) is 0. The van der Waals surface area contributed by atoms with Crippen LogP contribution in [0.25, 0.3) is 10.9 Å². The SMILES string of the molecule is COc1ccc(OC)c2[nH]c(C(=O)NCc3cc(=O)n(C)c(=O)n3C)cc12. The van der Waals surface area contributed by atoms with E-state index in [0.29, 0.717) is 33.8 Å². The van der Waals surface area contributed by atoms with Crippen LogP contribution in [-0.2, 0) is 20.6 Å². The third kappa shape index (κ3) is 3.19. The zero-order valence-corrected chi connectivity index (χ0v) is 15.5. The molecule has 9 nitrogen and oxygen atoms in total. The Hall–Kier alpha value is -3.49. The van der Waals surface area contributed by atoms with Gasteiger partial charge in [0, 0.05) is 31.2 Å². The van der Waals surface area contributed by atoms with Crippen molar-refractivity contribution >= 4 is 16.8 Å². The molecule has 0 saturated heterocycles. The predicted molar refractivity (Wildman–Crippen MR) is 99.5 cm³/mol. The van der Waals surface area contributed by atoms with Gasteiger partial charge in [0.1, 0.15) is 17.2 Å². The molecule has 27 heavy (non-hydrogen) atoms. The van der Waals surface area contributed by atoms with Gasteiger partial charge in [0.05, 0.1) is 26.3 Å². The molecule has 0 radical (unpaired) electrons. The molecule has 1 amide bonds. The number of rotatable bonds is 5. The number of aromatic amines is 1. The first-order valence-electron chi connectivity index (χ1n) is 8.15. The van der Waals surface area contributed by atoms with E-state index in [9.17, 15) is 14.4 Å². The Bertz CT molecular complexity index is 1100. The molecular formula is C18H20N4O5. The number of methoxy groups -OCH3 is 2. The van der Waals surface area contributed by atoms with Gasteiger partial charge in [0.2, 0.25) is 0 Å². The molecule has 1 aromatic carbocycles. The van der Waals surface area contributed by atoms with Crippen LogP contribution < -0.4 is 26.0 Å². The standard InChI is InChI=1S/C18H20N4O5/c1-21-10(7-15(23)22(2)18(21)25)9-19-17(24)12-8-11-13(26-3)5-6-14(27-4)16(11)20-12/h5-8,20H,9H2,1-4H3,(H,19,24). The fraction of sp³-hybridized carbons (Fsp3) is 0.278. The Balaban J connectivity index is 1.89. The van der Waals surface area contributed by atoms with Gasteiger partial charge < -0.3 is 19.8 Å². The lowest BCUT2D eigenvalue weighted by atomic mass is 10.2. The van der Waals surface area contributed by atoms with Crippen LogP contribution in [0.5, 0.6) is 11.5 Å². The third-order valence-corrected chi connectivity index (χ3v) is 4.46. The number of fused-ring (bicyclic) bond motifs is 1. The molecule has 0 aliphatic carbocycles. The number of nitrogens with zero attached hydrogens (tertiary/aromatic N) is 2. The van der Waals surface area contributed by atoms with Gasteiger partial charge in [-0.05, 0) is 18.2 Å². The molecule has 2 N–H and O–H groups in total. The minimum atomic E-state index is -0.452. The number of H-pyrrole nitrogens is 1. The lowest BCUT2D eigenvalue weighted by molar-refractivity contribution is 0.0946. The molecule has 0 aliphatic heterocycles. The van der Waals surface area contributed by atoms with E-state index in [0.717, 1.165) is 4.57 Å². The average molecular weight is 372 g/mol. The van der Waals surface area contributed by atoms with Crippen molar-refractivity contribution in [1.29, 1.82) is 0 Å². The smallest absolute Gasteiger partial charge is 0.330 e. The lowest BCUT2D eigenvalue weighted by Crippen LogP contribution is -2.39. The number of hydrogen-bond donors (Lipinski definition) is 2. The Kier molecular flexibility index (Phi) is 4.76. The van der Waals surface area contributed by atoms with Crippen molar-refractivity contribution in [1.82, 2.24) is 19.4 Å². The summed E-state index contributed by atoms with van der Waals surface area (Å²) >= 11 is 0. The molecule has 142 valence electrons. The number of hydrogen-bond acceptors (Lipinski definition) is 5. The first kappa shape index (κ1) is 18.3. The number of ether oxygens (including phenoxy) is 2.